The molecule has 3 fully saturated rings. The number of hydrogen-bond acceptors (Lipinski definition) is 14. The fourth-order valence-electron chi connectivity index (χ4n) is 9.24. The summed E-state index contributed by atoms with van der Waals surface area (Å²) in [6.07, 6.45) is 3.91. The number of carbonyl (C=O) groups is 4. The monoisotopic (exact) mass is 857 g/mol. The lowest BCUT2D eigenvalue weighted by molar-refractivity contribution is -0.278. The van der Waals surface area contributed by atoms with E-state index in [1.165, 1.54) is 6.92 Å². The molecule has 15 nitrogen and oxygen atoms in total. The molecular formula is C44H67N5O10S. The number of aromatic nitrogens is 3. The second kappa shape index (κ2) is 20.5. The van der Waals surface area contributed by atoms with Gasteiger partial charge in [0.05, 0.1) is 42.6 Å². The van der Waals surface area contributed by atoms with Crippen molar-refractivity contribution in [2.24, 2.45) is 23.7 Å². The van der Waals surface area contributed by atoms with Gasteiger partial charge >= 0.3 is 12.1 Å². The lowest BCUT2D eigenvalue weighted by Gasteiger charge is -2.49. The van der Waals surface area contributed by atoms with Gasteiger partial charge in [-0.25, -0.2) is 14.8 Å². The van der Waals surface area contributed by atoms with Crippen LogP contribution in [-0.4, -0.2) is 134 Å². The maximum atomic E-state index is 14.5. The number of fused-ring (bicyclic) bond motifs is 2. The fourth-order valence-corrected chi connectivity index (χ4v) is 9.76. The van der Waals surface area contributed by atoms with Crippen LogP contribution in [-0.2, 0) is 39.9 Å². The molecule has 8 unspecified atom stereocenters. The highest BCUT2D eigenvalue weighted by Gasteiger charge is 2.54. The molecular weight excluding hydrogens is 791 g/mol. The highest BCUT2D eigenvalue weighted by molar-refractivity contribution is 7.81. The summed E-state index contributed by atoms with van der Waals surface area (Å²) in [5.74, 6) is -3.68. The van der Waals surface area contributed by atoms with E-state index >= 15 is 0 Å². The molecule has 1 amide bonds. The van der Waals surface area contributed by atoms with Gasteiger partial charge in [0, 0.05) is 61.4 Å². The molecule has 3 aliphatic heterocycles. The van der Waals surface area contributed by atoms with Gasteiger partial charge in [0.25, 0.3) is 0 Å². The minimum atomic E-state index is -1.25. The number of pyridine rings is 1. The second-order valence-corrected chi connectivity index (χ2v) is 18.0. The van der Waals surface area contributed by atoms with Crippen LogP contribution in [0.3, 0.4) is 0 Å². The van der Waals surface area contributed by atoms with E-state index in [1.54, 1.807) is 37.5 Å². The van der Waals surface area contributed by atoms with E-state index in [4.69, 9.17) is 36.3 Å². The SMILES string of the molecule is CCC1OC(=O)C(C)C(=O)C(C)[C@@H](OC2OC(C)CC(N(C)C)[C@H]2O)C(C)C[C@@H](C)C(=O)[C@H](S)[C@@H]2CC1(CC)OC(=O)N2CCCCn1cnc(-c2ccc(OC)nc2)c1. The van der Waals surface area contributed by atoms with Crippen LogP contribution in [0, 0.1) is 23.7 Å². The Labute approximate surface area is 360 Å². The molecule has 5 heterocycles. The molecule has 2 bridgehead atoms. The number of hydrogen-bond donors (Lipinski definition) is 2. The summed E-state index contributed by atoms with van der Waals surface area (Å²) in [4.78, 5) is 69.1. The van der Waals surface area contributed by atoms with Crippen molar-refractivity contribution in [1.82, 2.24) is 24.3 Å². The number of aliphatic hydroxyl groups is 1. The number of methoxy groups -OCH3 is 1. The number of rotatable bonds is 12. The Kier molecular flexibility index (Phi) is 16.2. The number of Topliss-reactive ketones (excluding diaryl/α,β-unsaturated/α-hetero) is 2. The standard InChI is InChI=1S/C44H67N5O10S/c1-11-34-44(12-2)21-33(49(43(54)59-44)18-14-13-17-48-23-31(46-24-48)30-15-16-35(55-10)45-22-30)40(60)36(50)25(3)19-26(4)39(28(6)37(51)29(7)41(53)57-34)58-42-38(52)32(47(8)9)20-27(5)56-42/h15-16,22-29,32-34,38-40,42,52,60H,11-14,17-21H2,1-10H3/t25-,26?,27?,28?,29?,32?,33+,34?,38-,39+,40-,42?,44?/m1/s1. The molecule has 3 saturated heterocycles. The molecule has 0 aromatic carbocycles. The topological polar surface area (TPSA) is 172 Å². The predicted octanol–water partition coefficient (Wildman–Crippen LogP) is 5.61. The molecule has 60 heavy (non-hydrogen) atoms. The Balaban J connectivity index is 1.39. The number of aliphatic hydroxyl groups excluding tert-OH is 1. The van der Waals surface area contributed by atoms with Crippen LogP contribution in [0.15, 0.2) is 30.9 Å². The number of imidazole rings is 1. The number of ether oxygens (including phenoxy) is 5. The summed E-state index contributed by atoms with van der Waals surface area (Å²) >= 11 is 4.98. The number of ketones is 2. The van der Waals surface area contributed by atoms with Crippen LogP contribution in [0.25, 0.3) is 11.3 Å². The summed E-state index contributed by atoms with van der Waals surface area (Å²) in [6.45, 7) is 13.6. The molecule has 3 aliphatic rings. The highest BCUT2D eigenvalue weighted by atomic mass is 32.1. The molecule has 0 aliphatic carbocycles. The molecule has 2 aromatic rings. The molecule has 13 atom stereocenters. The van der Waals surface area contributed by atoms with Crippen molar-refractivity contribution in [2.45, 2.75) is 154 Å². The molecule has 0 spiro atoms. The summed E-state index contributed by atoms with van der Waals surface area (Å²) < 4.78 is 32.3. The van der Waals surface area contributed by atoms with E-state index in [9.17, 15) is 24.3 Å². The van der Waals surface area contributed by atoms with Gasteiger partial charge in [-0.15, -0.1) is 0 Å². The van der Waals surface area contributed by atoms with Gasteiger partial charge in [0.15, 0.2) is 17.7 Å². The normalized spacial score (nSPS) is 34.8. The van der Waals surface area contributed by atoms with Crippen LogP contribution in [0.5, 0.6) is 5.88 Å². The van der Waals surface area contributed by atoms with Gasteiger partial charge in [0.2, 0.25) is 5.88 Å². The Morgan fingerprint density at radius 1 is 1.00 bits per heavy atom. The minimum Gasteiger partial charge on any atom is -0.481 e. The first-order valence-electron chi connectivity index (χ1n) is 21.6. The first-order chi connectivity index (χ1) is 28.4. The zero-order valence-corrected chi connectivity index (χ0v) is 37.9. The van der Waals surface area contributed by atoms with E-state index in [2.05, 4.69) is 9.97 Å². The van der Waals surface area contributed by atoms with Crippen molar-refractivity contribution in [3.05, 3.63) is 30.9 Å². The van der Waals surface area contributed by atoms with Gasteiger partial charge in [0.1, 0.15) is 23.9 Å². The highest BCUT2D eigenvalue weighted by Crippen LogP contribution is 2.41. The van der Waals surface area contributed by atoms with E-state index < -0.39 is 83.0 Å². The quantitative estimate of drug-likeness (QED) is 0.117. The number of cyclic esters (lactones) is 1. The molecule has 16 heteroatoms. The molecule has 0 saturated carbocycles. The van der Waals surface area contributed by atoms with Crippen LogP contribution in [0.1, 0.15) is 93.4 Å². The largest absolute Gasteiger partial charge is 0.481 e. The van der Waals surface area contributed by atoms with Crippen molar-refractivity contribution in [1.29, 1.82) is 0 Å². The maximum Gasteiger partial charge on any atom is 0.410 e. The second-order valence-electron chi connectivity index (χ2n) is 17.4. The number of carbonyl (C=O) groups excluding carboxylic acids is 4. The van der Waals surface area contributed by atoms with Crippen LogP contribution < -0.4 is 4.74 Å². The number of thiol groups is 1. The van der Waals surface area contributed by atoms with E-state index in [0.29, 0.717) is 57.5 Å². The first kappa shape index (κ1) is 47.5. The smallest absolute Gasteiger partial charge is 0.410 e. The number of unbranched alkanes of at least 4 members (excludes halogenated alkanes) is 1. The summed E-state index contributed by atoms with van der Waals surface area (Å²) in [7, 11) is 5.34. The number of esters is 1. The Hall–Kier alpha value is -3.57. The Morgan fingerprint density at radius 2 is 1.72 bits per heavy atom. The van der Waals surface area contributed by atoms with Crippen LogP contribution >= 0.6 is 12.6 Å². The van der Waals surface area contributed by atoms with Gasteiger partial charge in [-0.05, 0) is 78.5 Å². The summed E-state index contributed by atoms with van der Waals surface area (Å²) in [5, 5.41) is 10.5. The minimum absolute atomic E-state index is 0.153. The zero-order valence-electron chi connectivity index (χ0n) is 37.0. The van der Waals surface area contributed by atoms with E-state index in [1.807, 2.05) is 70.4 Å². The van der Waals surface area contributed by atoms with Crippen molar-refractivity contribution >= 4 is 36.3 Å². The van der Waals surface area contributed by atoms with E-state index in [0.717, 1.165) is 11.3 Å². The van der Waals surface area contributed by atoms with Crippen molar-refractivity contribution in [3.63, 3.8) is 0 Å². The van der Waals surface area contributed by atoms with Gasteiger partial charge in [-0.2, -0.15) is 12.6 Å². The predicted molar refractivity (Wildman–Crippen MR) is 227 cm³/mol. The number of likely N-dealkylation sites (N-methyl/N-ethyl adjacent to an activating group) is 1. The fraction of sp³-hybridized carbons (Fsp3) is 0.727. The zero-order chi connectivity index (χ0) is 44.1. The molecule has 334 valence electrons. The Bertz CT molecular complexity index is 1780. The lowest BCUT2D eigenvalue weighted by Crippen LogP contribution is -2.63. The number of aryl methyl sites for hydroxylation is 1. The van der Waals surface area contributed by atoms with Crippen molar-refractivity contribution < 1.29 is 48.0 Å². The molecule has 5 rings (SSSR count). The van der Waals surface area contributed by atoms with Gasteiger partial charge < -0.3 is 43.2 Å². The average molecular weight is 858 g/mol. The average Bonchev–Trinajstić information content (AvgIpc) is 3.71. The van der Waals surface area contributed by atoms with Gasteiger partial charge in [-0.3, -0.25) is 14.4 Å². The van der Waals surface area contributed by atoms with E-state index in [-0.39, 0.29) is 24.3 Å². The van der Waals surface area contributed by atoms with Crippen molar-refractivity contribution in [3.8, 4) is 17.1 Å². The third-order valence-electron chi connectivity index (χ3n) is 13.0. The third kappa shape index (κ3) is 10.5. The lowest BCUT2D eigenvalue weighted by atomic mass is 9.79. The molecule has 0 radical (unpaired) electrons. The third-order valence-corrected chi connectivity index (χ3v) is 13.6. The van der Waals surface area contributed by atoms with Crippen LogP contribution in [0.4, 0.5) is 4.79 Å². The summed E-state index contributed by atoms with van der Waals surface area (Å²) in [6, 6.07) is 2.77. The van der Waals surface area contributed by atoms with Gasteiger partial charge in [-0.1, -0.05) is 34.6 Å². The number of amides is 1. The maximum absolute atomic E-state index is 14.5. The van der Waals surface area contributed by atoms with Crippen LogP contribution in [0.2, 0.25) is 0 Å². The molecule has 1 N–H and O–H groups in total. The summed E-state index contributed by atoms with van der Waals surface area (Å²) in [5.41, 5.74) is 0.390. The first-order valence-corrected chi connectivity index (χ1v) is 22.1. The molecule has 2 aromatic heterocycles. The Morgan fingerprint density at radius 3 is 2.35 bits per heavy atom. The van der Waals surface area contributed by atoms with Crippen molar-refractivity contribution in [2.75, 3.05) is 27.7 Å². The number of nitrogens with zero attached hydrogens (tertiary/aromatic N) is 5.